The van der Waals surface area contributed by atoms with Gasteiger partial charge in [0.05, 0.1) is 15.2 Å². The average molecular weight is 427 g/mol. The maximum Gasteiger partial charge on any atom is 0.264 e. The lowest BCUT2D eigenvalue weighted by molar-refractivity contribution is -0.123. The Labute approximate surface area is 157 Å². The van der Waals surface area contributed by atoms with Gasteiger partial charge in [-0.3, -0.25) is 9.59 Å². The second kappa shape index (κ2) is 7.25. The van der Waals surface area contributed by atoms with E-state index in [0.717, 1.165) is 29.5 Å². The largest absolute Gasteiger partial charge is 0.342 e. The first kappa shape index (κ1) is 18.1. The van der Waals surface area contributed by atoms with Crippen LogP contribution in [0.15, 0.2) is 20.4 Å². The lowest BCUT2D eigenvalue weighted by atomic mass is 9.96. The molecule has 0 atom stereocenters. The van der Waals surface area contributed by atoms with Crippen molar-refractivity contribution in [1.29, 1.82) is 0 Å². The quantitative estimate of drug-likeness (QED) is 0.793. The van der Waals surface area contributed by atoms with E-state index < -0.39 is 5.54 Å². The van der Waals surface area contributed by atoms with Crippen LogP contribution in [0.5, 0.6) is 0 Å². The van der Waals surface area contributed by atoms with Crippen molar-refractivity contribution in [2.24, 2.45) is 0 Å². The molecule has 0 radical (unpaired) electrons. The van der Waals surface area contributed by atoms with Gasteiger partial charge in [-0.1, -0.05) is 18.0 Å². The van der Waals surface area contributed by atoms with E-state index >= 15 is 0 Å². The third-order valence-electron chi connectivity index (χ3n) is 4.30. The number of nitrogens with one attached hydrogen (secondary N) is 1. The highest BCUT2D eigenvalue weighted by atomic mass is 79.9. The maximum atomic E-state index is 12.5. The number of aromatic nitrogens is 2. The Bertz CT molecular complexity index is 782. The van der Waals surface area contributed by atoms with Crippen LogP contribution in [0.4, 0.5) is 0 Å². The van der Waals surface area contributed by atoms with Crippen molar-refractivity contribution in [3.8, 4) is 0 Å². The van der Waals surface area contributed by atoms with Crippen LogP contribution in [-0.4, -0.2) is 40.4 Å². The number of likely N-dealkylation sites (N-methyl/N-ethyl adjacent to an activating group) is 1. The molecule has 7 nitrogen and oxygen atoms in total. The van der Waals surface area contributed by atoms with E-state index in [-0.39, 0.29) is 18.4 Å². The monoisotopic (exact) mass is 426 g/mol. The van der Waals surface area contributed by atoms with Crippen LogP contribution < -0.4 is 5.32 Å². The molecule has 1 saturated carbocycles. The van der Waals surface area contributed by atoms with Crippen LogP contribution in [0.1, 0.15) is 47.1 Å². The standard InChI is InChI=1S/C16H19BrN4O3S/c1-10-18-15(20-24-10)16(7-3-4-8-16)19-13(22)9-21(2)14(23)11-5-6-12(17)25-11/h5-6H,3-4,7-9H2,1-2H3,(H,19,22). The van der Waals surface area contributed by atoms with Crippen molar-refractivity contribution in [2.45, 2.75) is 38.1 Å². The van der Waals surface area contributed by atoms with E-state index in [2.05, 4.69) is 31.4 Å². The van der Waals surface area contributed by atoms with Gasteiger partial charge in [0.2, 0.25) is 11.8 Å². The molecule has 0 bridgehead atoms. The Morgan fingerprint density at radius 1 is 1.40 bits per heavy atom. The molecule has 0 unspecified atom stereocenters. The third-order valence-corrected chi connectivity index (χ3v) is 5.91. The molecule has 134 valence electrons. The Kier molecular flexibility index (Phi) is 5.24. The number of hydrogen-bond donors (Lipinski definition) is 1. The normalized spacial score (nSPS) is 16.0. The van der Waals surface area contributed by atoms with Crippen LogP contribution in [0.3, 0.4) is 0 Å². The van der Waals surface area contributed by atoms with Crippen molar-refractivity contribution in [3.63, 3.8) is 0 Å². The zero-order valence-corrected chi connectivity index (χ0v) is 16.4. The lowest BCUT2D eigenvalue weighted by Crippen LogP contribution is -2.48. The van der Waals surface area contributed by atoms with Crippen LogP contribution in [0.2, 0.25) is 0 Å². The van der Waals surface area contributed by atoms with E-state index in [0.29, 0.717) is 16.6 Å². The van der Waals surface area contributed by atoms with Crippen molar-refractivity contribution in [3.05, 3.63) is 32.5 Å². The van der Waals surface area contributed by atoms with E-state index in [1.54, 1.807) is 20.0 Å². The number of halogens is 1. The second-order valence-corrected chi connectivity index (χ2v) is 8.70. The fourth-order valence-electron chi connectivity index (χ4n) is 3.09. The van der Waals surface area contributed by atoms with Gasteiger partial charge in [0, 0.05) is 14.0 Å². The summed E-state index contributed by atoms with van der Waals surface area (Å²) in [4.78, 5) is 31.2. The SMILES string of the molecule is Cc1nc(C2(NC(=O)CN(C)C(=O)c3ccc(Br)s3)CCCC2)no1. The molecule has 2 amide bonds. The number of thiophene rings is 1. The first-order valence-electron chi connectivity index (χ1n) is 8.02. The number of amides is 2. The molecule has 0 aliphatic heterocycles. The minimum atomic E-state index is -0.593. The molecule has 1 N–H and O–H groups in total. The summed E-state index contributed by atoms with van der Waals surface area (Å²) in [5, 5.41) is 7.04. The molecule has 1 aliphatic carbocycles. The van der Waals surface area contributed by atoms with Gasteiger partial charge in [0.25, 0.3) is 5.91 Å². The number of rotatable bonds is 5. The summed E-state index contributed by atoms with van der Waals surface area (Å²) in [5.41, 5.74) is -0.593. The van der Waals surface area contributed by atoms with Crippen LogP contribution in [-0.2, 0) is 10.3 Å². The Balaban J connectivity index is 1.67. The van der Waals surface area contributed by atoms with E-state index in [9.17, 15) is 9.59 Å². The molecule has 2 aromatic rings. The molecule has 0 aromatic carbocycles. The van der Waals surface area contributed by atoms with Gasteiger partial charge in [0.1, 0.15) is 5.54 Å². The fourth-order valence-corrected chi connectivity index (χ4v) is 4.47. The number of nitrogens with zero attached hydrogens (tertiary/aromatic N) is 3. The summed E-state index contributed by atoms with van der Waals surface area (Å²) < 4.78 is 5.96. The summed E-state index contributed by atoms with van der Waals surface area (Å²) in [6, 6.07) is 3.56. The number of carbonyl (C=O) groups is 2. The van der Waals surface area contributed by atoms with Gasteiger partial charge >= 0.3 is 0 Å². The average Bonchev–Trinajstić information content (AvgIpc) is 3.28. The van der Waals surface area contributed by atoms with E-state index in [1.807, 2.05) is 6.07 Å². The van der Waals surface area contributed by atoms with Crippen molar-refractivity contribution in [2.75, 3.05) is 13.6 Å². The summed E-state index contributed by atoms with van der Waals surface area (Å²) in [6.07, 6.45) is 3.53. The van der Waals surface area contributed by atoms with Crippen molar-refractivity contribution < 1.29 is 14.1 Å². The molecular weight excluding hydrogens is 408 g/mol. The highest BCUT2D eigenvalue weighted by molar-refractivity contribution is 9.11. The predicted molar refractivity (Wildman–Crippen MR) is 96.3 cm³/mol. The Morgan fingerprint density at radius 2 is 2.12 bits per heavy atom. The minimum absolute atomic E-state index is 0.0209. The Hall–Kier alpha value is -1.74. The maximum absolute atomic E-state index is 12.5. The molecular formula is C16H19BrN4O3S. The lowest BCUT2D eigenvalue weighted by Gasteiger charge is -2.28. The zero-order valence-electron chi connectivity index (χ0n) is 14.0. The van der Waals surface area contributed by atoms with Crippen molar-refractivity contribution >= 4 is 39.1 Å². The first-order chi connectivity index (χ1) is 11.9. The molecule has 2 heterocycles. The topological polar surface area (TPSA) is 88.3 Å². The van der Waals surface area contributed by atoms with Crippen LogP contribution >= 0.6 is 27.3 Å². The summed E-state index contributed by atoms with van der Waals surface area (Å²) in [5.74, 6) is 0.593. The molecule has 9 heteroatoms. The predicted octanol–water partition coefficient (Wildman–Crippen LogP) is 2.86. The van der Waals surface area contributed by atoms with Gasteiger partial charge in [-0.15, -0.1) is 11.3 Å². The van der Waals surface area contributed by atoms with Gasteiger partial charge < -0.3 is 14.7 Å². The first-order valence-corrected chi connectivity index (χ1v) is 9.63. The zero-order chi connectivity index (χ0) is 18.0. The number of carbonyl (C=O) groups excluding carboxylic acids is 2. The summed E-state index contributed by atoms with van der Waals surface area (Å²) in [6.45, 7) is 1.71. The van der Waals surface area contributed by atoms with E-state index in [1.165, 1.54) is 16.2 Å². The van der Waals surface area contributed by atoms with Gasteiger partial charge in [0.15, 0.2) is 5.82 Å². The molecule has 25 heavy (non-hydrogen) atoms. The molecule has 1 aliphatic rings. The highest BCUT2D eigenvalue weighted by Crippen LogP contribution is 2.37. The van der Waals surface area contributed by atoms with Gasteiger partial charge in [-0.25, -0.2) is 0 Å². The summed E-state index contributed by atoms with van der Waals surface area (Å²) in [7, 11) is 1.62. The molecule has 2 aromatic heterocycles. The van der Waals surface area contributed by atoms with Crippen LogP contribution in [0.25, 0.3) is 0 Å². The minimum Gasteiger partial charge on any atom is -0.342 e. The Morgan fingerprint density at radius 3 is 2.68 bits per heavy atom. The second-order valence-electron chi connectivity index (χ2n) is 6.24. The third kappa shape index (κ3) is 3.92. The number of hydrogen-bond acceptors (Lipinski definition) is 6. The molecule has 3 rings (SSSR count). The van der Waals surface area contributed by atoms with Crippen LogP contribution in [0, 0.1) is 6.92 Å². The van der Waals surface area contributed by atoms with Gasteiger partial charge in [-0.2, -0.15) is 4.98 Å². The highest BCUT2D eigenvalue weighted by Gasteiger charge is 2.41. The summed E-state index contributed by atoms with van der Waals surface area (Å²) >= 11 is 4.68. The fraction of sp³-hybridized carbons (Fsp3) is 0.500. The number of aryl methyl sites for hydroxylation is 1. The molecule has 0 saturated heterocycles. The smallest absolute Gasteiger partial charge is 0.264 e. The molecule has 0 spiro atoms. The van der Waals surface area contributed by atoms with E-state index in [4.69, 9.17) is 4.52 Å². The molecule has 1 fully saturated rings. The van der Waals surface area contributed by atoms with Gasteiger partial charge in [-0.05, 0) is 40.9 Å². The van der Waals surface area contributed by atoms with Crippen molar-refractivity contribution in [1.82, 2.24) is 20.4 Å².